The fourth-order valence-corrected chi connectivity index (χ4v) is 1.82. The van der Waals surface area contributed by atoms with Gasteiger partial charge in [0.15, 0.2) is 0 Å². The minimum Gasteiger partial charge on any atom is -0.478 e. The van der Waals surface area contributed by atoms with Gasteiger partial charge in [-0.2, -0.15) is 5.10 Å². The van der Waals surface area contributed by atoms with E-state index in [9.17, 15) is 4.79 Å². The van der Waals surface area contributed by atoms with Crippen LogP contribution in [-0.2, 0) is 0 Å². The van der Waals surface area contributed by atoms with Crippen molar-refractivity contribution in [3.05, 3.63) is 47.3 Å². The molecule has 0 aliphatic rings. The van der Waals surface area contributed by atoms with Crippen molar-refractivity contribution in [1.82, 2.24) is 9.78 Å². The van der Waals surface area contributed by atoms with E-state index in [2.05, 4.69) is 18.9 Å². The molecule has 4 heteroatoms. The van der Waals surface area contributed by atoms with Crippen molar-refractivity contribution < 1.29 is 9.90 Å². The molecular formula is C14H16N2O2. The number of rotatable bonds is 3. The van der Waals surface area contributed by atoms with Crippen LogP contribution < -0.4 is 0 Å². The number of aromatic carboxylic acids is 1. The topological polar surface area (TPSA) is 55.1 Å². The molecule has 0 atom stereocenters. The molecule has 1 N–H and O–H groups in total. The Hall–Kier alpha value is -2.10. The number of aryl methyl sites for hydroxylation is 1. The van der Waals surface area contributed by atoms with Gasteiger partial charge in [-0.05, 0) is 42.7 Å². The van der Waals surface area contributed by atoms with Gasteiger partial charge < -0.3 is 5.11 Å². The smallest absolute Gasteiger partial charge is 0.335 e. The Morgan fingerprint density at radius 1 is 1.33 bits per heavy atom. The molecule has 0 unspecified atom stereocenters. The van der Waals surface area contributed by atoms with Gasteiger partial charge in [-0.1, -0.05) is 13.8 Å². The lowest BCUT2D eigenvalue weighted by Crippen LogP contribution is -2.02. The van der Waals surface area contributed by atoms with Gasteiger partial charge in [-0.3, -0.25) is 0 Å². The van der Waals surface area contributed by atoms with Crippen LogP contribution in [0.3, 0.4) is 0 Å². The van der Waals surface area contributed by atoms with E-state index < -0.39 is 5.97 Å². The zero-order chi connectivity index (χ0) is 13.3. The van der Waals surface area contributed by atoms with Gasteiger partial charge in [0, 0.05) is 6.20 Å². The summed E-state index contributed by atoms with van der Waals surface area (Å²) in [5.41, 5.74) is 2.97. The second-order valence-electron chi connectivity index (χ2n) is 4.64. The fourth-order valence-electron chi connectivity index (χ4n) is 1.82. The molecule has 0 saturated carbocycles. The third kappa shape index (κ3) is 2.27. The average Bonchev–Trinajstić information content (AvgIpc) is 2.77. The summed E-state index contributed by atoms with van der Waals surface area (Å²) in [5, 5.41) is 13.4. The molecule has 0 aliphatic carbocycles. The Bertz CT molecular complexity index is 585. The predicted octanol–water partition coefficient (Wildman–Crippen LogP) is 3.00. The first-order valence-electron chi connectivity index (χ1n) is 5.89. The van der Waals surface area contributed by atoms with E-state index in [1.54, 1.807) is 23.7 Å². The van der Waals surface area contributed by atoms with Crippen LogP contribution in [0, 0.1) is 6.92 Å². The van der Waals surface area contributed by atoms with Crippen LogP contribution in [0.25, 0.3) is 5.69 Å². The van der Waals surface area contributed by atoms with Crippen molar-refractivity contribution in [3.8, 4) is 5.69 Å². The van der Waals surface area contributed by atoms with Crippen molar-refractivity contribution in [3.63, 3.8) is 0 Å². The zero-order valence-electron chi connectivity index (χ0n) is 10.7. The Kier molecular flexibility index (Phi) is 3.19. The third-order valence-corrected chi connectivity index (χ3v) is 2.91. The Balaban J connectivity index is 2.39. The van der Waals surface area contributed by atoms with Crippen LogP contribution in [0.1, 0.15) is 41.4 Å². The highest BCUT2D eigenvalue weighted by Gasteiger charge is 2.09. The summed E-state index contributed by atoms with van der Waals surface area (Å²) in [5.74, 6) is -0.520. The maximum Gasteiger partial charge on any atom is 0.335 e. The first kappa shape index (κ1) is 12.4. The van der Waals surface area contributed by atoms with Gasteiger partial charge in [0.05, 0.1) is 16.9 Å². The zero-order valence-corrected chi connectivity index (χ0v) is 10.7. The van der Waals surface area contributed by atoms with Crippen LogP contribution in [0.15, 0.2) is 30.5 Å². The summed E-state index contributed by atoms with van der Waals surface area (Å²) in [6, 6.07) is 7.20. The van der Waals surface area contributed by atoms with Crippen LogP contribution in [0.5, 0.6) is 0 Å². The molecule has 0 radical (unpaired) electrons. The number of nitrogens with zero attached hydrogens (tertiary/aromatic N) is 2. The SMILES string of the molecule is Cc1cc(-n2ccc(C(C)C)n2)ccc1C(=O)O. The number of carboxylic acid groups (broad SMARTS) is 1. The van der Waals surface area contributed by atoms with Crippen LogP contribution in [-0.4, -0.2) is 20.9 Å². The van der Waals surface area contributed by atoms with Gasteiger partial charge in [-0.15, -0.1) is 0 Å². The van der Waals surface area contributed by atoms with Gasteiger partial charge >= 0.3 is 5.97 Å². The molecule has 0 spiro atoms. The highest BCUT2D eigenvalue weighted by atomic mass is 16.4. The van der Waals surface area contributed by atoms with Gasteiger partial charge in [-0.25, -0.2) is 9.48 Å². The molecule has 1 heterocycles. The lowest BCUT2D eigenvalue weighted by atomic mass is 10.1. The van der Waals surface area contributed by atoms with Crippen molar-refractivity contribution >= 4 is 5.97 Å². The highest BCUT2D eigenvalue weighted by molar-refractivity contribution is 5.89. The molecule has 2 aromatic rings. The van der Waals surface area contributed by atoms with E-state index in [0.717, 1.165) is 16.9 Å². The van der Waals surface area contributed by atoms with E-state index in [-0.39, 0.29) is 0 Å². The molecule has 0 saturated heterocycles. The largest absolute Gasteiger partial charge is 0.478 e. The second-order valence-corrected chi connectivity index (χ2v) is 4.64. The monoisotopic (exact) mass is 244 g/mol. The molecule has 0 amide bonds. The quantitative estimate of drug-likeness (QED) is 0.903. The summed E-state index contributed by atoms with van der Waals surface area (Å²) in [7, 11) is 0. The maximum absolute atomic E-state index is 10.9. The molecule has 0 bridgehead atoms. The summed E-state index contributed by atoms with van der Waals surface area (Å²) in [6.45, 7) is 5.97. The van der Waals surface area contributed by atoms with Gasteiger partial charge in [0.2, 0.25) is 0 Å². The minimum absolute atomic E-state index is 0.329. The molecular weight excluding hydrogens is 228 g/mol. The molecule has 2 rings (SSSR count). The van der Waals surface area contributed by atoms with Gasteiger partial charge in [0.25, 0.3) is 0 Å². The first-order valence-corrected chi connectivity index (χ1v) is 5.89. The molecule has 0 fully saturated rings. The van der Waals surface area contributed by atoms with Crippen molar-refractivity contribution in [2.24, 2.45) is 0 Å². The van der Waals surface area contributed by atoms with Crippen LogP contribution in [0.2, 0.25) is 0 Å². The van der Waals surface area contributed by atoms with Gasteiger partial charge in [0.1, 0.15) is 0 Å². The normalized spacial score (nSPS) is 10.9. The summed E-state index contributed by atoms with van der Waals surface area (Å²) in [6.07, 6.45) is 1.89. The fraction of sp³-hybridized carbons (Fsp3) is 0.286. The molecule has 18 heavy (non-hydrogen) atoms. The summed E-state index contributed by atoms with van der Waals surface area (Å²) >= 11 is 0. The molecule has 0 aliphatic heterocycles. The van der Waals surface area contributed by atoms with Crippen molar-refractivity contribution in [2.45, 2.75) is 26.7 Å². The second kappa shape index (κ2) is 4.64. The summed E-state index contributed by atoms with van der Waals surface area (Å²) < 4.78 is 1.77. The maximum atomic E-state index is 10.9. The van der Waals surface area contributed by atoms with E-state index in [1.807, 2.05) is 18.3 Å². The van der Waals surface area contributed by atoms with Crippen LogP contribution in [0.4, 0.5) is 0 Å². The van der Waals surface area contributed by atoms with E-state index in [4.69, 9.17) is 5.11 Å². The molecule has 4 nitrogen and oxygen atoms in total. The number of hydrogen-bond acceptors (Lipinski definition) is 2. The Morgan fingerprint density at radius 3 is 2.56 bits per heavy atom. The van der Waals surface area contributed by atoms with E-state index >= 15 is 0 Å². The number of hydrogen-bond donors (Lipinski definition) is 1. The first-order chi connectivity index (χ1) is 8.49. The number of benzene rings is 1. The lowest BCUT2D eigenvalue weighted by Gasteiger charge is -2.06. The lowest BCUT2D eigenvalue weighted by molar-refractivity contribution is 0.0696. The third-order valence-electron chi connectivity index (χ3n) is 2.91. The van der Waals surface area contributed by atoms with E-state index in [0.29, 0.717) is 11.5 Å². The Morgan fingerprint density at radius 2 is 2.06 bits per heavy atom. The Labute approximate surface area is 106 Å². The van der Waals surface area contributed by atoms with Crippen molar-refractivity contribution in [1.29, 1.82) is 0 Å². The summed E-state index contributed by atoms with van der Waals surface area (Å²) in [4.78, 5) is 10.9. The van der Waals surface area contributed by atoms with Crippen LogP contribution >= 0.6 is 0 Å². The number of carboxylic acids is 1. The molecule has 94 valence electrons. The molecule has 1 aromatic carbocycles. The number of carbonyl (C=O) groups is 1. The van der Waals surface area contributed by atoms with Crippen molar-refractivity contribution in [2.75, 3.05) is 0 Å². The molecule has 1 aromatic heterocycles. The number of aromatic nitrogens is 2. The highest BCUT2D eigenvalue weighted by Crippen LogP contribution is 2.17. The minimum atomic E-state index is -0.901. The average molecular weight is 244 g/mol. The van der Waals surface area contributed by atoms with E-state index in [1.165, 1.54) is 0 Å². The predicted molar refractivity (Wildman–Crippen MR) is 69.3 cm³/mol. The standard InChI is InChI=1S/C14H16N2O2/c1-9(2)13-6-7-16(15-13)11-4-5-12(14(17)18)10(3)8-11/h4-9H,1-3H3,(H,17,18).